The molecule has 0 saturated heterocycles. The highest BCUT2D eigenvalue weighted by molar-refractivity contribution is 8.00. The highest BCUT2D eigenvalue weighted by atomic mass is 32.2. The maximum atomic E-state index is 8.28. The van der Waals surface area contributed by atoms with Crippen LogP contribution in [0, 0.1) is 11.3 Å². The second-order valence-corrected chi connectivity index (χ2v) is 3.62. The molecule has 0 aliphatic carbocycles. The van der Waals surface area contributed by atoms with Crippen molar-refractivity contribution in [3.05, 3.63) is 5.01 Å². The highest BCUT2D eigenvalue weighted by Gasteiger charge is 2.00. The van der Waals surface area contributed by atoms with Gasteiger partial charge < -0.3 is 0 Å². The molecule has 0 aliphatic heterocycles. The third kappa shape index (κ3) is 1.69. The molecule has 0 unspecified atom stereocenters. The van der Waals surface area contributed by atoms with Crippen molar-refractivity contribution in [1.82, 2.24) is 10.2 Å². The SMILES string of the molecule is CSc1nnc(CC#N)s1. The molecule has 0 spiro atoms. The molecule has 3 nitrogen and oxygen atoms in total. The van der Waals surface area contributed by atoms with Crippen LogP contribution in [0.25, 0.3) is 0 Å². The maximum absolute atomic E-state index is 8.28. The Morgan fingerprint density at radius 2 is 2.50 bits per heavy atom. The molecule has 1 heterocycles. The monoisotopic (exact) mass is 171 g/mol. The minimum Gasteiger partial charge on any atom is -0.198 e. The zero-order valence-electron chi connectivity index (χ0n) is 5.37. The molecule has 52 valence electrons. The summed E-state index contributed by atoms with van der Waals surface area (Å²) < 4.78 is 0.922. The van der Waals surface area contributed by atoms with E-state index in [-0.39, 0.29) is 0 Å². The van der Waals surface area contributed by atoms with E-state index in [1.807, 2.05) is 12.3 Å². The molecule has 0 bridgehead atoms. The van der Waals surface area contributed by atoms with Crippen LogP contribution in [-0.2, 0) is 6.42 Å². The first-order chi connectivity index (χ1) is 4.86. The van der Waals surface area contributed by atoms with Gasteiger partial charge in [0, 0.05) is 0 Å². The van der Waals surface area contributed by atoms with Crippen LogP contribution < -0.4 is 0 Å². The van der Waals surface area contributed by atoms with Crippen LogP contribution in [-0.4, -0.2) is 16.5 Å². The van der Waals surface area contributed by atoms with Crippen molar-refractivity contribution in [3.8, 4) is 6.07 Å². The Bertz CT molecular complexity index is 250. The molecule has 0 atom stereocenters. The molecule has 0 fully saturated rings. The molecule has 1 aromatic rings. The second-order valence-electron chi connectivity index (χ2n) is 1.50. The van der Waals surface area contributed by atoms with Crippen molar-refractivity contribution in [3.63, 3.8) is 0 Å². The van der Waals surface area contributed by atoms with Gasteiger partial charge in [-0.1, -0.05) is 23.1 Å². The zero-order valence-corrected chi connectivity index (χ0v) is 7.00. The summed E-state index contributed by atoms with van der Waals surface area (Å²) >= 11 is 3.03. The van der Waals surface area contributed by atoms with Crippen molar-refractivity contribution in [2.24, 2.45) is 0 Å². The summed E-state index contributed by atoms with van der Waals surface area (Å²) in [5, 5.41) is 16.7. The first-order valence-electron chi connectivity index (χ1n) is 2.60. The van der Waals surface area contributed by atoms with Crippen LogP contribution in [0.1, 0.15) is 5.01 Å². The third-order valence-electron chi connectivity index (χ3n) is 0.853. The Morgan fingerprint density at radius 1 is 1.70 bits per heavy atom. The van der Waals surface area contributed by atoms with Gasteiger partial charge in [0.25, 0.3) is 0 Å². The van der Waals surface area contributed by atoms with Gasteiger partial charge in [-0.05, 0) is 6.26 Å². The lowest BCUT2D eigenvalue weighted by Gasteiger charge is -1.77. The minimum atomic E-state index is 0.373. The molecular formula is C5H5N3S2. The molecule has 0 aromatic carbocycles. The van der Waals surface area contributed by atoms with E-state index < -0.39 is 0 Å². The zero-order chi connectivity index (χ0) is 7.40. The minimum absolute atomic E-state index is 0.373. The molecule has 0 aliphatic rings. The number of thioether (sulfide) groups is 1. The predicted molar refractivity (Wildman–Crippen MR) is 41.0 cm³/mol. The van der Waals surface area contributed by atoms with E-state index in [0.29, 0.717) is 6.42 Å². The smallest absolute Gasteiger partial charge is 0.174 e. The van der Waals surface area contributed by atoms with Crippen molar-refractivity contribution < 1.29 is 0 Å². The van der Waals surface area contributed by atoms with Crippen LogP contribution >= 0.6 is 23.1 Å². The van der Waals surface area contributed by atoms with Gasteiger partial charge in [-0.15, -0.1) is 10.2 Å². The van der Waals surface area contributed by atoms with Gasteiger partial charge in [-0.25, -0.2) is 0 Å². The number of hydrogen-bond donors (Lipinski definition) is 0. The Hall–Kier alpha value is -0.600. The van der Waals surface area contributed by atoms with Gasteiger partial charge in [-0.3, -0.25) is 0 Å². The van der Waals surface area contributed by atoms with Gasteiger partial charge >= 0.3 is 0 Å². The van der Waals surface area contributed by atoms with Crippen molar-refractivity contribution in [1.29, 1.82) is 5.26 Å². The lowest BCUT2D eigenvalue weighted by molar-refractivity contribution is 0.968. The molecule has 1 aromatic heterocycles. The molecule has 1 rings (SSSR count). The van der Waals surface area contributed by atoms with Crippen LogP contribution in [0.3, 0.4) is 0 Å². The summed E-state index contributed by atoms with van der Waals surface area (Å²) in [5.41, 5.74) is 0. The van der Waals surface area contributed by atoms with Gasteiger partial charge in [-0.2, -0.15) is 5.26 Å². The van der Waals surface area contributed by atoms with E-state index in [1.54, 1.807) is 11.8 Å². The van der Waals surface area contributed by atoms with Crippen molar-refractivity contribution in [2.45, 2.75) is 10.8 Å². The first-order valence-corrected chi connectivity index (χ1v) is 4.64. The van der Waals surface area contributed by atoms with Crippen LogP contribution in [0.15, 0.2) is 4.34 Å². The average Bonchev–Trinajstić information content (AvgIpc) is 2.37. The maximum Gasteiger partial charge on any atom is 0.174 e. The molecule has 0 saturated carbocycles. The van der Waals surface area contributed by atoms with Crippen molar-refractivity contribution in [2.75, 3.05) is 6.26 Å². The molecule has 10 heavy (non-hydrogen) atoms. The Morgan fingerprint density at radius 3 is 3.00 bits per heavy atom. The van der Waals surface area contributed by atoms with E-state index in [9.17, 15) is 0 Å². The third-order valence-corrected chi connectivity index (χ3v) is 2.75. The van der Waals surface area contributed by atoms with Gasteiger partial charge in [0.15, 0.2) is 4.34 Å². The fourth-order valence-electron chi connectivity index (χ4n) is 0.460. The Kier molecular flexibility index (Phi) is 2.66. The van der Waals surface area contributed by atoms with E-state index in [2.05, 4.69) is 10.2 Å². The number of rotatable bonds is 2. The van der Waals surface area contributed by atoms with E-state index >= 15 is 0 Å². The number of nitrogens with zero attached hydrogens (tertiary/aromatic N) is 3. The number of hydrogen-bond acceptors (Lipinski definition) is 5. The molecule has 0 N–H and O–H groups in total. The summed E-state index contributed by atoms with van der Waals surface area (Å²) in [6, 6.07) is 2.02. The van der Waals surface area contributed by atoms with Crippen LogP contribution in [0.2, 0.25) is 0 Å². The summed E-state index contributed by atoms with van der Waals surface area (Å²) in [6.45, 7) is 0. The normalized spacial score (nSPS) is 9.20. The second kappa shape index (κ2) is 3.54. The Labute approximate surface area is 67.1 Å². The van der Waals surface area contributed by atoms with E-state index in [4.69, 9.17) is 5.26 Å². The predicted octanol–water partition coefficient (Wildman–Crippen LogP) is 1.33. The molecule has 5 heteroatoms. The molecule has 0 amide bonds. The van der Waals surface area contributed by atoms with Crippen LogP contribution in [0.5, 0.6) is 0 Å². The molecule has 0 radical (unpaired) electrons. The summed E-state index contributed by atoms with van der Waals surface area (Å²) in [6.07, 6.45) is 2.31. The lowest BCUT2D eigenvalue weighted by Crippen LogP contribution is -1.77. The first kappa shape index (κ1) is 7.51. The Balaban J connectivity index is 2.70. The van der Waals surface area contributed by atoms with E-state index in [0.717, 1.165) is 9.35 Å². The van der Waals surface area contributed by atoms with Crippen molar-refractivity contribution >= 4 is 23.1 Å². The van der Waals surface area contributed by atoms with Gasteiger partial charge in [0.1, 0.15) is 5.01 Å². The fraction of sp³-hybridized carbons (Fsp3) is 0.400. The largest absolute Gasteiger partial charge is 0.198 e. The quantitative estimate of drug-likeness (QED) is 0.630. The summed E-state index contributed by atoms with van der Waals surface area (Å²) in [5.74, 6) is 0. The van der Waals surface area contributed by atoms with E-state index in [1.165, 1.54) is 11.3 Å². The lowest BCUT2D eigenvalue weighted by atomic mass is 10.5. The van der Waals surface area contributed by atoms with Gasteiger partial charge in [0.05, 0.1) is 12.5 Å². The number of aromatic nitrogens is 2. The van der Waals surface area contributed by atoms with Crippen LogP contribution in [0.4, 0.5) is 0 Å². The topological polar surface area (TPSA) is 49.6 Å². The highest BCUT2D eigenvalue weighted by Crippen LogP contribution is 2.19. The summed E-state index contributed by atoms with van der Waals surface area (Å²) in [7, 11) is 0. The molecular weight excluding hydrogens is 166 g/mol. The van der Waals surface area contributed by atoms with Gasteiger partial charge in [0.2, 0.25) is 0 Å². The number of nitriles is 1. The standard InChI is InChI=1S/C5H5N3S2/c1-9-5-8-7-4(10-5)2-3-6/h2H2,1H3. The average molecular weight is 171 g/mol. The fourth-order valence-corrected chi connectivity index (χ4v) is 1.71. The summed E-state index contributed by atoms with van der Waals surface area (Å²) in [4.78, 5) is 0.